The molecule has 0 unspecified atom stereocenters. The van der Waals surface area contributed by atoms with E-state index in [2.05, 4.69) is 16.9 Å². The molecule has 1 aliphatic heterocycles. The normalized spacial score (nSPS) is 13.9. The number of amides is 2. The van der Waals surface area contributed by atoms with E-state index >= 15 is 0 Å². The lowest BCUT2D eigenvalue weighted by Gasteiger charge is -2.28. The lowest BCUT2D eigenvalue weighted by molar-refractivity contribution is -0.132. The van der Waals surface area contributed by atoms with Crippen molar-refractivity contribution in [3.8, 4) is 0 Å². The summed E-state index contributed by atoms with van der Waals surface area (Å²) in [4.78, 5) is 34.2. The van der Waals surface area contributed by atoms with Crippen LogP contribution in [0.5, 0.6) is 0 Å². The Kier molecular flexibility index (Phi) is 4.67. The smallest absolute Gasteiger partial charge is 0.266 e. The second kappa shape index (κ2) is 6.71. The molecule has 0 fully saturated rings. The van der Waals surface area contributed by atoms with E-state index in [9.17, 15) is 9.59 Å². The highest BCUT2D eigenvalue weighted by molar-refractivity contribution is 8.00. The largest absolute Gasteiger partial charge is 0.364 e. The van der Waals surface area contributed by atoms with Gasteiger partial charge < -0.3 is 15.2 Å². The summed E-state index contributed by atoms with van der Waals surface area (Å²) in [5, 5.41) is 1.94. The molecule has 0 saturated carbocycles. The van der Waals surface area contributed by atoms with Crippen LogP contribution in [-0.2, 0) is 24.3 Å². The molecule has 2 aromatic rings. The fourth-order valence-corrected chi connectivity index (χ4v) is 4.24. The van der Waals surface area contributed by atoms with E-state index in [0.29, 0.717) is 37.6 Å². The Labute approximate surface area is 141 Å². The molecule has 0 atom stereocenters. The maximum atomic E-state index is 12.4. The van der Waals surface area contributed by atoms with E-state index in [1.54, 1.807) is 32.6 Å². The summed E-state index contributed by atoms with van der Waals surface area (Å²) < 4.78 is 2.78. The van der Waals surface area contributed by atoms with Crippen LogP contribution < -0.4 is 5.73 Å². The van der Waals surface area contributed by atoms with E-state index in [1.165, 1.54) is 6.20 Å². The zero-order chi connectivity index (χ0) is 16.4. The molecule has 0 radical (unpaired) electrons. The molecule has 0 aliphatic carbocycles. The number of rotatable bonds is 5. The number of primary amides is 1. The minimum Gasteiger partial charge on any atom is -0.364 e. The Balaban J connectivity index is 1.65. The summed E-state index contributed by atoms with van der Waals surface area (Å²) in [5.74, 6) is 1.20. The molecule has 0 bridgehead atoms. The van der Waals surface area contributed by atoms with Gasteiger partial charge >= 0.3 is 0 Å². The van der Waals surface area contributed by atoms with Crippen LogP contribution in [0.1, 0.15) is 28.9 Å². The lowest BCUT2D eigenvalue weighted by Crippen LogP contribution is -2.40. The zero-order valence-corrected chi connectivity index (χ0v) is 14.3. The fraction of sp³-hybridized carbons (Fsp3) is 0.429. The summed E-state index contributed by atoms with van der Waals surface area (Å²) in [6.45, 7) is 3.55. The van der Waals surface area contributed by atoms with Crippen LogP contribution in [-0.4, -0.2) is 43.5 Å². The first-order chi connectivity index (χ1) is 11.1. The number of nitrogens with two attached hydrogens (primary N) is 1. The van der Waals surface area contributed by atoms with Gasteiger partial charge in [0.2, 0.25) is 5.91 Å². The zero-order valence-electron chi connectivity index (χ0n) is 12.7. The Morgan fingerprint density at radius 2 is 2.26 bits per heavy atom. The number of thioether (sulfide) groups is 1. The lowest BCUT2D eigenvalue weighted by atomic mass is 10.2. The SMILES string of the molecule is CCSc1nc(CC(=O)N2CCn3c(C(N)=O)cnc3C2)cs1. The van der Waals surface area contributed by atoms with Crippen molar-refractivity contribution in [3.05, 3.63) is 28.8 Å². The van der Waals surface area contributed by atoms with Crippen molar-refractivity contribution in [2.75, 3.05) is 12.3 Å². The molecule has 9 heteroatoms. The van der Waals surface area contributed by atoms with Crippen molar-refractivity contribution in [1.82, 2.24) is 19.4 Å². The van der Waals surface area contributed by atoms with Gasteiger partial charge in [-0.3, -0.25) is 9.59 Å². The highest BCUT2D eigenvalue weighted by atomic mass is 32.2. The maximum Gasteiger partial charge on any atom is 0.266 e. The quantitative estimate of drug-likeness (QED) is 0.815. The second-order valence-corrected chi connectivity index (χ2v) is 7.47. The van der Waals surface area contributed by atoms with Crippen molar-refractivity contribution >= 4 is 34.9 Å². The molecule has 3 rings (SSSR count). The van der Waals surface area contributed by atoms with Gasteiger partial charge in [0, 0.05) is 18.5 Å². The first-order valence-corrected chi connectivity index (χ1v) is 9.14. The molecule has 0 saturated heterocycles. The van der Waals surface area contributed by atoms with E-state index in [-0.39, 0.29) is 5.91 Å². The highest BCUT2D eigenvalue weighted by Gasteiger charge is 2.25. The summed E-state index contributed by atoms with van der Waals surface area (Å²) in [5.41, 5.74) is 6.52. The number of thiazole rings is 1. The van der Waals surface area contributed by atoms with Crippen LogP contribution in [0.4, 0.5) is 0 Å². The summed E-state index contributed by atoms with van der Waals surface area (Å²) in [6, 6.07) is 0. The Bertz CT molecular complexity index is 739. The van der Waals surface area contributed by atoms with Crippen LogP contribution >= 0.6 is 23.1 Å². The van der Waals surface area contributed by atoms with Gasteiger partial charge in [-0.2, -0.15) is 0 Å². The van der Waals surface area contributed by atoms with Crippen LogP contribution in [0.2, 0.25) is 0 Å². The van der Waals surface area contributed by atoms with Crippen molar-refractivity contribution < 1.29 is 9.59 Å². The molecule has 1 aliphatic rings. The molecular formula is C14H17N5O2S2. The van der Waals surface area contributed by atoms with E-state index in [0.717, 1.165) is 15.8 Å². The van der Waals surface area contributed by atoms with E-state index in [1.807, 2.05) is 5.38 Å². The minimum absolute atomic E-state index is 0.0261. The molecule has 2 N–H and O–H groups in total. The highest BCUT2D eigenvalue weighted by Crippen LogP contribution is 2.23. The molecule has 3 heterocycles. The van der Waals surface area contributed by atoms with Crippen LogP contribution in [0.15, 0.2) is 15.9 Å². The van der Waals surface area contributed by atoms with Crippen molar-refractivity contribution in [2.45, 2.75) is 30.8 Å². The molecular weight excluding hydrogens is 334 g/mol. The van der Waals surface area contributed by atoms with Gasteiger partial charge in [0.25, 0.3) is 5.91 Å². The third kappa shape index (κ3) is 3.40. The van der Waals surface area contributed by atoms with Crippen LogP contribution in [0.25, 0.3) is 0 Å². The van der Waals surface area contributed by atoms with Gasteiger partial charge in [0.05, 0.1) is 24.9 Å². The van der Waals surface area contributed by atoms with Gasteiger partial charge in [0.1, 0.15) is 15.9 Å². The van der Waals surface area contributed by atoms with E-state index in [4.69, 9.17) is 5.73 Å². The van der Waals surface area contributed by atoms with Crippen molar-refractivity contribution in [1.29, 1.82) is 0 Å². The molecule has 2 amide bonds. The number of nitrogens with zero attached hydrogens (tertiary/aromatic N) is 4. The predicted octanol–water partition coefficient (Wildman–Crippen LogP) is 1.14. The monoisotopic (exact) mass is 351 g/mol. The topological polar surface area (TPSA) is 94.1 Å². The minimum atomic E-state index is -0.494. The maximum absolute atomic E-state index is 12.4. The standard InChI is InChI=1S/C14H17N5O2S2/c1-2-22-14-17-9(8-23-14)5-12(20)18-3-4-19-10(13(15)21)6-16-11(19)7-18/h6,8H,2-5,7H2,1H3,(H2,15,21). The van der Waals surface area contributed by atoms with E-state index < -0.39 is 5.91 Å². The fourth-order valence-electron chi connectivity index (χ4n) is 2.50. The molecule has 122 valence electrons. The van der Waals surface area contributed by atoms with Gasteiger partial charge in [-0.05, 0) is 5.75 Å². The third-order valence-electron chi connectivity index (χ3n) is 3.60. The number of hydrogen-bond donors (Lipinski definition) is 1. The van der Waals surface area contributed by atoms with Crippen molar-refractivity contribution in [3.63, 3.8) is 0 Å². The summed E-state index contributed by atoms with van der Waals surface area (Å²) >= 11 is 3.25. The Hall–Kier alpha value is -1.87. The Morgan fingerprint density at radius 1 is 1.43 bits per heavy atom. The first-order valence-electron chi connectivity index (χ1n) is 7.27. The molecule has 23 heavy (non-hydrogen) atoms. The van der Waals surface area contributed by atoms with Gasteiger partial charge in [-0.25, -0.2) is 9.97 Å². The number of fused-ring (bicyclic) bond motifs is 1. The number of carbonyl (C=O) groups excluding carboxylic acids is 2. The number of hydrogen-bond acceptors (Lipinski definition) is 6. The number of imidazole rings is 1. The van der Waals surface area contributed by atoms with Gasteiger partial charge in [-0.15, -0.1) is 11.3 Å². The molecule has 0 spiro atoms. The number of carbonyl (C=O) groups is 2. The Morgan fingerprint density at radius 3 is 3.00 bits per heavy atom. The van der Waals surface area contributed by atoms with Gasteiger partial charge in [0.15, 0.2) is 0 Å². The second-order valence-electron chi connectivity index (χ2n) is 5.11. The number of aromatic nitrogens is 3. The molecule has 2 aromatic heterocycles. The first kappa shape index (κ1) is 16.0. The third-order valence-corrected chi connectivity index (χ3v) is 5.55. The summed E-state index contributed by atoms with van der Waals surface area (Å²) in [7, 11) is 0. The molecule has 7 nitrogen and oxygen atoms in total. The predicted molar refractivity (Wildman–Crippen MR) is 88.4 cm³/mol. The van der Waals surface area contributed by atoms with Crippen LogP contribution in [0, 0.1) is 0 Å². The van der Waals surface area contributed by atoms with Crippen molar-refractivity contribution in [2.24, 2.45) is 5.73 Å². The van der Waals surface area contributed by atoms with Crippen LogP contribution in [0.3, 0.4) is 0 Å². The average Bonchev–Trinajstić information content (AvgIpc) is 3.13. The summed E-state index contributed by atoms with van der Waals surface area (Å²) in [6.07, 6.45) is 1.77. The molecule has 0 aromatic carbocycles. The average molecular weight is 351 g/mol. The van der Waals surface area contributed by atoms with Gasteiger partial charge in [-0.1, -0.05) is 18.7 Å².